The van der Waals surface area contributed by atoms with Gasteiger partial charge < -0.3 is 124 Å². The van der Waals surface area contributed by atoms with Crippen LogP contribution in [0.25, 0.3) is 0 Å². The summed E-state index contributed by atoms with van der Waals surface area (Å²) in [6.07, 6.45) is -23.0. The fourth-order valence-electron chi connectivity index (χ4n) is 9.21. The highest BCUT2D eigenvalue weighted by molar-refractivity contribution is 5.96. The molecule has 4 heterocycles. The van der Waals surface area contributed by atoms with Crippen LogP contribution in [0.15, 0.2) is 58.5 Å². The van der Waals surface area contributed by atoms with E-state index < -0.39 is 195 Å². The molecule has 20 atom stereocenters. The number of aliphatic hydroxyl groups excluding tert-OH is 11. The van der Waals surface area contributed by atoms with E-state index in [0.29, 0.717) is 5.56 Å². The molecule has 33 heteroatoms. The summed E-state index contributed by atoms with van der Waals surface area (Å²) in [4.78, 5) is 90.2. The maximum absolute atomic E-state index is 14.8. The van der Waals surface area contributed by atoms with Gasteiger partial charge in [-0.2, -0.15) is 0 Å². The van der Waals surface area contributed by atoms with Crippen LogP contribution in [-0.4, -0.2) is 257 Å². The van der Waals surface area contributed by atoms with E-state index in [1.807, 2.05) is 0 Å². The highest BCUT2D eigenvalue weighted by atomic mass is 16.7. The second-order valence-electron chi connectivity index (χ2n) is 19.1. The van der Waals surface area contributed by atoms with Crippen molar-refractivity contribution in [2.45, 2.75) is 135 Å². The lowest BCUT2D eigenvalue weighted by atomic mass is 9.93. The van der Waals surface area contributed by atoms with Gasteiger partial charge >= 0.3 is 0 Å². The smallest absolute Gasteiger partial charge is 0.276 e. The topological polar surface area (TPSA) is 545 Å². The summed E-state index contributed by atoms with van der Waals surface area (Å²) in [6, 6.07) is -1.08. The first-order valence-electron chi connectivity index (χ1n) is 24.6. The van der Waals surface area contributed by atoms with Gasteiger partial charge in [0.25, 0.3) is 5.69 Å². The molecule has 2 aromatic rings. The van der Waals surface area contributed by atoms with Gasteiger partial charge in [-0.15, -0.1) is 0 Å². The first-order valence-corrected chi connectivity index (χ1v) is 24.6. The first kappa shape index (κ1) is 61.4. The Bertz CT molecular complexity index is 2530. The maximum Gasteiger partial charge on any atom is 0.276 e. The molecule has 33 nitrogen and oxygen atoms in total. The third kappa shape index (κ3) is 14.0. The number of aliphatic imine (C=N–C) groups is 2. The van der Waals surface area contributed by atoms with E-state index in [1.54, 1.807) is 37.3 Å². The molecule has 0 radical (unpaired) electrons. The van der Waals surface area contributed by atoms with Crippen molar-refractivity contribution in [1.82, 2.24) is 31.5 Å². The molecule has 0 saturated carbocycles. The number of carbonyl (C=O) groups excluding carboxylic acids is 5. The van der Waals surface area contributed by atoms with E-state index in [4.69, 9.17) is 31.4 Å². The zero-order chi connectivity index (χ0) is 58.2. The lowest BCUT2D eigenvalue weighted by molar-refractivity contribution is -0.385. The molecule has 6 rings (SSSR count). The summed E-state index contributed by atoms with van der Waals surface area (Å²) >= 11 is 0. The van der Waals surface area contributed by atoms with Crippen LogP contribution in [0.3, 0.4) is 0 Å². The van der Waals surface area contributed by atoms with Crippen molar-refractivity contribution in [1.29, 1.82) is 0 Å². The number of rotatable bonds is 24. The molecule has 22 N–H and O–H groups in total. The summed E-state index contributed by atoms with van der Waals surface area (Å²) in [7, 11) is 0. The molecule has 436 valence electrons. The Hall–Kier alpha value is -6.83. The van der Waals surface area contributed by atoms with Crippen LogP contribution < -0.4 is 48.5 Å². The molecule has 0 spiro atoms. The van der Waals surface area contributed by atoms with E-state index >= 15 is 0 Å². The Kier molecular flexibility index (Phi) is 20.9. The molecule has 2 aromatic carbocycles. The molecule has 0 aliphatic carbocycles. The summed E-state index contributed by atoms with van der Waals surface area (Å²) in [5.41, 5.74) is 17.9. The van der Waals surface area contributed by atoms with Gasteiger partial charge in [0.05, 0.1) is 62.0 Å². The van der Waals surface area contributed by atoms with Crippen molar-refractivity contribution in [3.05, 3.63) is 69.8 Å². The number of nitrogens with two attached hydrogens (primary N) is 3. The van der Waals surface area contributed by atoms with E-state index in [1.165, 1.54) is 0 Å². The van der Waals surface area contributed by atoms with Gasteiger partial charge in [-0.3, -0.25) is 39.3 Å². The van der Waals surface area contributed by atoms with Crippen LogP contribution in [0, 0.1) is 10.1 Å². The molecule has 2 saturated heterocycles. The number of benzene rings is 2. The minimum absolute atomic E-state index is 0.106. The quantitative estimate of drug-likeness (QED) is 0.0264. The highest BCUT2D eigenvalue weighted by Crippen LogP contribution is 2.31. The SMILES string of the molecule is CC(c1ccccc1)[C@H](N)C(=O)N[C@@H](Cc1ccc(OC2OC(CO)C(O)C(O)C2O)cc1[N+](=O)[O-])C(=O)N[C@H](C(=O)N[C@H](C(=O)N[C@H](C=O)CO)C(O)C1CN=C(N)N1C1OC(CO)C(O)C(O)C1O)C(O)C1CN=C(N)N1. The third-order valence-corrected chi connectivity index (χ3v) is 13.9. The predicted octanol–water partition coefficient (Wildman–Crippen LogP) is -10.6. The van der Waals surface area contributed by atoms with E-state index in [0.717, 1.165) is 23.1 Å². The van der Waals surface area contributed by atoms with Crippen LogP contribution in [0.2, 0.25) is 0 Å². The number of aldehydes is 1. The number of nitrogens with zero attached hydrogens (tertiary/aromatic N) is 4. The second kappa shape index (κ2) is 26.9. The van der Waals surface area contributed by atoms with Crippen molar-refractivity contribution < 1.29 is 99.3 Å². The van der Waals surface area contributed by atoms with E-state index in [2.05, 4.69) is 36.6 Å². The van der Waals surface area contributed by atoms with Gasteiger partial charge in [-0.05, 0) is 17.7 Å². The van der Waals surface area contributed by atoms with Crippen molar-refractivity contribution in [2.24, 2.45) is 27.2 Å². The van der Waals surface area contributed by atoms with Crippen LogP contribution >= 0.6 is 0 Å². The molecule has 79 heavy (non-hydrogen) atoms. The first-order chi connectivity index (χ1) is 37.5. The Morgan fingerprint density at radius 3 is 2.01 bits per heavy atom. The molecule has 4 amide bonds. The second-order valence-corrected chi connectivity index (χ2v) is 19.1. The zero-order valence-corrected chi connectivity index (χ0v) is 42.0. The normalized spacial score (nSPS) is 29.9. The molecule has 15 unspecified atom stereocenters. The molecule has 0 aromatic heterocycles. The highest BCUT2D eigenvalue weighted by Gasteiger charge is 2.52. The number of amides is 4. The van der Waals surface area contributed by atoms with Gasteiger partial charge in [0.1, 0.15) is 97.2 Å². The van der Waals surface area contributed by atoms with Gasteiger partial charge in [-0.1, -0.05) is 37.3 Å². The van der Waals surface area contributed by atoms with Gasteiger partial charge in [0.2, 0.25) is 29.9 Å². The monoisotopic (exact) mass is 1120 g/mol. The molecule has 0 bridgehead atoms. The largest absolute Gasteiger partial charge is 0.462 e. The van der Waals surface area contributed by atoms with E-state index in [9.17, 15) is 90.3 Å². The number of guanidine groups is 2. The number of nitrogens with one attached hydrogen (secondary N) is 5. The number of hydrogen-bond donors (Lipinski definition) is 19. The van der Waals surface area contributed by atoms with Crippen LogP contribution in [0.1, 0.15) is 24.0 Å². The Balaban J connectivity index is 1.36. The number of aliphatic hydroxyl groups is 11. The molecule has 4 aliphatic rings. The maximum atomic E-state index is 14.8. The van der Waals surface area contributed by atoms with Crippen LogP contribution in [-0.2, 0) is 39.9 Å². The molecular formula is C46H66N12O21. The third-order valence-electron chi connectivity index (χ3n) is 13.9. The molecule has 4 aliphatic heterocycles. The molecular weight excluding hydrogens is 1060 g/mol. The lowest BCUT2D eigenvalue weighted by Crippen LogP contribution is -2.70. The van der Waals surface area contributed by atoms with Gasteiger partial charge in [0.15, 0.2) is 18.1 Å². The fourth-order valence-corrected chi connectivity index (χ4v) is 9.21. The molecule has 2 fully saturated rings. The Labute approximate surface area is 448 Å². The zero-order valence-electron chi connectivity index (χ0n) is 42.0. The summed E-state index contributed by atoms with van der Waals surface area (Å²) in [5.74, 6) is -7.03. The number of hydrogen-bond acceptors (Lipinski definition) is 28. The average molecular weight is 1120 g/mol. The summed E-state index contributed by atoms with van der Waals surface area (Å²) < 4.78 is 16.6. The Morgan fingerprint density at radius 1 is 0.810 bits per heavy atom. The van der Waals surface area contributed by atoms with Gasteiger partial charge in [-0.25, -0.2) is 0 Å². The fraction of sp³-hybridized carbons (Fsp3) is 0.587. The van der Waals surface area contributed by atoms with Crippen molar-refractivity contribution in [2.75, 3.05) is 32.9 Å². The predicted molar refractivity (Wildman–Crippen MR) is 266 cm³/mol. The van der Waals surface area contributed by atoms with Crippen molar-refractivity contribution in [3.63, 3.8) is 0 Å². The number of nitro groups is 1. The summed E-state index contributed by atoms with van der Waals surface area (Å²) in [5, 5.41) is 141. The summed E-state index contributed by atoms with van der Waals surface area (Å²) in [6.45, 7) is -1.99. The number of ether oxygens (including phenoxy) is 3. The number of nitro benzene ring substituents is 1. The number of carbonyl (C=O) groups is 5. The van der Waals surface area contributed by atoms with Crippen LogP contribution in [0.4, 0.5) is 5.69 Å². The minimum atomic E-state index is -2.30. The van der Waals surface area contributed by atoms with Crippen molar-refractivity contribution in [3.8, 4) is 5.75 Å². The van der Waals surface area contributed by atoms with E-state index in [-0.39, 0.29) is 30.1 Å². The minimum Gasteiger partial charge on any atom is -0.462 e. The van der Waals surface area contributed by atoms with Crippen molar-refractivity contribution >= 4 is 47.5 Å². The van der Waals surface area contributed by atoms with Gasteiger partial charge in [0, 0.05) is 17.9 Å². The van der Waals surface area contributed by atoms with Crippen LogP contribution in [0.5, 0.6) is 5.75 Å². The Morgan fingerprint density at radius 2 is 1.42 bits per heavy atom. The average Bonchev–Trinajstić information content (AvgIpc) is 4.15. The standard InChI is InChI=1S/C46H66N12O21/c1-17(18-5-3-2-4-6-18)28(47)40(72)53-22(9-19-7-8-21(10-24(19)58(75)76)77-44-38(70)36(68)34(66)27(16-62)79-44)39(71)55-29(31(63)23-11-50-45(48)54-23)42(74)56-30(41(73)52-20(13-59)14-60)32(64)25-12-51-46(49)57(25)43-37(69)35(67)33(65)26(15-61)78-43/h2-8,10,13,17,20,22-23,25-38,43-44,60-70H,9,11-12,14-16,47H2,1H3,(H2,49,51)(H,52,73)(H,53,72)(H,55,71)(H,56,74)(H3,48,50,54)/t17?,20-,22+,23?,25?,26?,27?,28+,29+,30+,31?,32?,33?,34?,35?,36?,37?,38?,43?,44?/m1/s1. The lowest BCUT2D eigenvalue weighted by Gasteiger charge is -2.46.